The Bertz CT molecular complexity index is 1270. The van der Waals surface area contributed by atoms with Gasteiger partial charge in [0.05, 0.1) is 22.3 Å². The van der Waals surface area contributed by atoms with E-state index in [1.54, 1.807) is 10.9 Å². The average Bonchev–Trinajstić information content (AvgIpc) is 3.07. The Morgan fingerprint density at radius 2 is 1.57 bits per heavy atom. The molecule has 2 heterocycles. The molecular weight excluding hydrogens is 376 g/mol. The number of nitrogens with one attached hydrogen (secondary N) is 1. The number of hydrogen-bond donors (Lipinski definition) is 1. The third-order valence-corrected chi connectivity index (χ3v) is 5.19. The van der Waals surface area contributed by atoms with Gasteiger partial charge in [-0.1, -0.05) is 47.5 Å². The number of benzene rings is 2. The van der Waals surface area contributed by atoms with Crippen LogP contribution >= 0.6 is 0 Å². The topological polar surface area (TPSA) is 68.9 Å². The first-order valence-corrected chi connectivity index (χ1v) is 9.90. The summed E-state index contributed by atoms with van der Waals surface area (Å²) < 4.78 is 3.20. The highest BCUT2D eigenvalue weighted by Gasteiger charge is 2.15. The highest BCUT2D eigenvalue weighted by Crippen LogP contribution is 2.19. The van der Waals surface area contributed by atoms with Crippen LogP contribution in [0.5, 0.6) is 0 Å². The first-order valence-electron chi connectivity index (χ1n) is 9.90. The SMILES string of the molecule is Cc1ccc(CNC(=O)Cn2ccc3c(c(C)nn3-c3ccc(C)cc3)c2=O)cc1. The van der Waals surface area contributed by atoms with E-state index in [4.69, 9.17) is 0 Å². The zero-order valence-electron chi connectivity index (χ0n) is 17.3. The number of hydrogen-bond acceptors (Lipinski definition) is 3. The molecule has 0 radical (unpaired) electrons. The van der Waals surface area contributed by atoms with Crippen LogP contribution in [-0.4, -0.2) is 20.3 Å². The van der Waals surface area contributed by atoms with Gasteiger partial charge < -0.3 is 9.88 Å². The highest BCUT2D eigenvalue weighted by molar-refractivity contribution is 5.83. The fourth-order valence-electron chi connectivity index (χ4n) is 3.46. The van der Waals surface area contributed by atoms with E-state index in [9.17, 15) is 9.59 Å². The second-order valence-corrected chi connectivity index (χ2v) is 7.60. The van der Waals surface area contributed by atoms with Gasteiger partial charge in [-0.15, -0.1) is 0 Å². The molecular formula is C24H24N4O2. The van der Waals surface area contributed by atoms with Gasteiger partial charge in [-0.3, -0.25) is 9.59 Å². The summed E-state index contributed by atoms with van der Waals surface area (Å²) in [6.45, 7) is 6.26. The van der Waals surface area contributed by atoms with Gasteiger partial charge in [-0.2, -0.15) is 5.10 Å². The lowest BCUT2D eigenvalue weighted by Gasteiger charge is -2.09. The summed E-state index contributed by atoms with van der Waals surface area (Å²) >= 11 is 0. The van der Waals surface area contributed by atoms with Crippen LogP contribution < -0.4 is 10.9 Å². The Morgan fingerprint density at radius 3 is 2.23 bits per heavy atom. The molecule has 30 heavy (non-hydrogen) atoms. The van der Waals surface area contributed by atoms with Crippen molar-refractivity contribution in [1.29, 1.82) is 0 Å². The molecule has 4 rings (SSSR count). The molecule has 152 valence electrons. The number of nitrogens with zero attached hydrogens (tertiary/aromatic N) is 3. The van der Waals surface area contributed by atoms with Gasteiger partial charge in [-0.25, -0.2) is 4.68 Å². The molecule has 0 atom stereocenters. The molecule has 4 aromatic rings. The fraction of sp³-hybridized carbons (Fsp3) is 0.208. The summed E-state index contributed by atoms with van der Waals surface area (Å²) in [5.74, 6) is -0.208. The molecule has 0 aliphatic carbocycles. The average molecular weight is 400 g/mol. The van der Waals surface area contributed by atoms with E-state index in [0.717, 1.165) is 22.3 Å². The lowest BCUT2D eigenvalue weighted by Crippen LogP contribution is -2.31. The molecule has 0 unspecified atom stereocenters. The molecule has 0 aliphatic rings. The van der Waals surface area contributed by atoms with Crippen molar-refractivity contribution in [2.45, 2.75) is 33.9 Å². The first kappa shape index (κ1) is 19.6. The van der Waals surface area contributed by atoms with Gasteiger partial charge in [0, 0.05) is 12.7 Å². The maximum atomic E-state index is 13.0. The standard InChI is InChI=1S/C24H24N4O2/c1-16-4-8-19(9-5-16)14-25-22(29)15-27-13-12-21-23(24(27)30)18(3)26-28(21)20-10-6-17(2)7-11-20/h4-13H,14-15H2,1-3H3,(H,25,29). The van der Waals surface area contributed by atoms with Crippen LogP contribution in [-0.2, 0) is 17.9 Å². The fourth-order valence-corrected chi connectivity index (χ4v) is 3.46. The van der Waals surface area contributed by atoms with Crippen molar-refractivity contribution in [3.8, 4) is 5.69 Å². The van der Waals surface area contributed by atoms with Crippen LogP contribution in [0.25, 0.3) is 16.6 Å². The Hall–Kier alpha value is -3.67. The third kappa shape index (κ3) is 3.89. The Morgan fingerprint density at radius 1 is 0.933 bits per heavy atom. The first-order chi connectivity index (χ1) is 14.4. The minimum Gasteiger partial charge on any atom is -0.350 e. The summed E-state index contributed by atoms with van der Waals surface area (Å²) in [6.07, 6.45) is 1.65. The molecule has 6 heteroatoms. The number of rotatable bonds is 5. The molecule has 0 aliphatic heterocycles. The van der Waals surface area contributed by atoms with Crippen LogP contribution in [0.2, 0.25) is 0 Å². The number of fused-ring (bicyclic) bond motifs is 1. The molecule has 0 saturated carbocycles. The molecule has 1 N–H and O–H groups in total. The molecule has 1 amide bonds. The van der Waals surface area contributed by atoms with Crippen molar-refractivity contribution in [1.82, 2.24) is 19.7 Å². The number of amides is 1. The van der Waals surface area contributed by atoms with Crippen LogP contribution in [0, 0.1) is 20.8 Å². The third-order valence-electron chi connectivity index (χ3n) is 5.19. The zero-order chi connectivity index (χ0) is 21.3. The highest BCUT2D eigenvalue weighted by atomic mass is 16.2. The Kier molecular flexibility index (Phi) is 5.23. The van der Waals surface area contributed by atoms with E-state index in [-0.39, 0.29) is 18.0 Å². The van der Waals surface area contributed by atoms with E-state index in [1.165, 1.54) is 10.1 Å². The normalized spacial score (nSPS) is 11.0. The van der Waals surface area contributed by atoms with Crippen LogP contribution in [0.3, 0.4) is 0 Å². The second kappa shape index (κ2) is 7.99. The predicted molar refractivity (Wildman–Crippen MR) is 118 cm³/mol. The quantitative estimate of drug-likeness (QED) is 0.558. The van der Waals surface area contributed by atoms with Crippen LogP contribution in [0.1, 0.15) is 22.4 Å². The maximum Gasteiger partial charge on any atom is 0.262 e. The molecule has 6 nitrogen and oxygen atoms in total. The van der Waals surface area contributed by atoms with Crippen molar-refractivity contribution in [3.63, 3.8) is 0 Å². The lowest BCUT2D eigenvalue weighted by molar-refractivity contribution is -0.121. The van der Waals surface area contributed by atoms with Crippen molar-refractivity contribution in [2.75, 3.05) is 0 Å². The smallest absolute Gasteiger partial charge is 0.262 e. The van der Waals surface area contributed by atoms with Crippen molar-refractivity contribution >= 4 is 16.8 Å². The summed E-state index contributed by atoms with van der Waals surface area (Å²) in [5.41, 5.74) is 5.41. The van der Waals surface area contributed by atoms with Crippen LogP contribution in [0.4, 0.5) is 0 Å². The van der Waals surface area contributed by atoms with E-state index < -0.39 is 0 Å². The number of aryl methyl sites for hydroxylation is 3. The maximum absolute atomic E-state index is 13.0. The minimum atomic E-state index is -0.214. The molecule has 2 aromatic carbocycles. The van der Waals surface area contributed by atoms with Gasteiger partial charge >= 0.3 is 0 Å². The van der Waals surface area contributed by atoms with E-state index >= 15 is 0 Å². The number of pyridine rings is 1. The molecule has 0 bridgehead atoms. The van der Waals surface area contributed by atoms with Gasteiger partial charge in [0.2, 0.25) is 5.91 Å². The second-order valence-electron chi connectivity index (χ2n) is 7.60. The Labute approximate surface area is 174 Å². The van der Waals surface area contributed by atoms with Gasteiger partial charge in [-0.05, 0) is 44.5 Å². The molecule has 0 spiro atoms. The van der Waals surface area contributed by atoms with Crippen LogP contribution in [0.15, 0.2) is 65.6 Å². The van der Waals surface area contributed by atoms with Gasteiger partial charge in [0.1, 0.15) is 6.54 Å². The van der Waals surface area contributed by atoms with E-state index in [1.807, 2.05) is 75.4 Å². The summed E-state index contributed by atoms with van der Waals surface area (Å²) in [6, 6.07) is 17.8. The predicted octanol–water partition coefficient (Wildman–Crippen LogP) is 3.43. The summed E-state index contributed by atoms with van der Waals surface area (Å²) in [5, 5.41) is 7.96. The van der Waals surface area contributed by atoms with E-state index in [0.29, 0.717) is 17.6 Å². The minimum absolute atomic E-state index is 0.0320. The zero-order valence-corrected chi connectivity index (χ0v) is 17.3. The van der Waals surface area contributed by atoms with Crippen molar-refractivity contribution in [3.05, 3.63) is 93.5 Å². The summed E-state index contributed by atoms with van der Waals surface area (Å²) in [4.78, 5) is 25.4. The number of carbonyl (C=O) groups is 1. The lowest BCUT2D eigenvalue weighted by atomic mass is 10.1. The Balaban J connectivity index is 1.57. The monoisotopic (exact) mass is 400 g/mol. The molecule has 0 fully saturated rings. The summed E-state index contributed by atoms with van der Waals surface area (Å²) in [7, 11) is 0. The molecule has 2 aromatic heterocycles. The largest absolute Gasteiger partial charge is 0.350 e. The van der Waals surface area contributed by atoms with Gasteiger partial charge in [0.15, 0.2) is 0 Å². The van der Waals surface area contributed by atoms with Crippen molar-refractivity contribution < 1.29 is 4.79 Å². The number of aromatic nitrogens is 3. The molecule has 0 saturated heterocycles. The van der Waals surface area contributed by atoms with E-state index in [2.05, 4.69) is 10.4 Å². The number of carbonyl (C=O) groups excluding carboxylic acids is 1. The van der Waals surface area contributed by atoms with Gasteiger partial charge in [0.25, 0.3) is 5.56 Å². The van der Waals surface area contributed by atoms with Crippen molar-refractivity contribution in [2.24, 2.45) is 0 Å².